The van der Waals surface area contributed by atoms with Crippen molar-refractivity contribution in [1.82, 2.24) is 10.6 Å². The highest BCUT2D eigenvalue weighted by molar-refractivity contribution is 7.07. The molecule has 0 aliphatic rings. The minimum absolute atomic E-state index is 0.111. The van der Waals surface area contributed by atoms with E-state index in [1.807, 2.05) is 53.2 Å². The maximum absolute atomic E-state index is 12.1. The fraction of sp³-hybridized carbons (Fsp3) is 0.235. The molecule has 2 rings (SSSR count). The molecular formula is C17H17N3O3S. The van der Waals surface area contributed by atoms with Crippen molar-refractivity contribution in [3.05, 3.63) is 58.3 Å². The number of hydrogen-bond donors (Lipinski definition) is 2. The van der Waals surface area contributed by atoms with Gasteiger partial charge in [0.05, 0.1) is 6.07 Å². The molecule has 1 aromatic heterocycles. The lowest BCUT2D eigenvalue weighted by Gasteiger charge is -2.17. The molecule has 0 radical (unpaired) electrons. The lowest BCUT2D eigenvalue weighted by atomic mass is 10.1. The second kappa shape index (κ2) is 9.33. The summed E-state index contributed by atoms with van der Waals surface area (Å²) in [6.45, 7) is 0.0113. The van der Waals surface area contributed by atoms with Crippen LogP contribution in [0.5, 0.6) is 0 Å². The van der Waals surface area contributed by atoms with Crippen LogP contribution in [0.2, 0.25) is 0 Å². The average Bonchev–Trinajstić information content (AvgIpc) is 3.11. The van der Waals surface area contributed by atoms with E-state index in [0.29, 0.717) is 6.42 Å². The van der Waals surface area contributed by atoms with Crippen molar-refractivity contribution in [3.63, 3.8) is 0 Å². The number of alkyl carbamates (subject to hydrolysis) is 1. The molecule has 2 N–H and O–H groups in total. The highest BCUT2D eigenvalue weighted by Gasteiger charge is 2.22. The van der Waals surface area contributed by atoms with Gasteiger partial charge >= 0.3 is 6.09 Å². The van der Waals surface area contributed by atoms with Crippen LogP contribution in [0.1, 0.15) is 11.1 Å². The Morgan fingerprint density at radius 1 is 1.21 bits per heavy atom. The average molecular weight is 343 g/mol. The third-order valence-electron chi connectivity index (χ3n) is 3.18. The Kier molecular flexibility index (Phi) is 6.80. The predicted octanol–water partition coefficient (Wildman–Crippen LogP) is 2.23. The van der Waals surface area contributed by atoms with Gasteiger partial charge in [-0.3, -0.25) is 4.79 Å². The molecule has 0 spiro atoms. The van der Waals surface area contributed by atoms with Gasteiger partial charge in [-0.2, -0.15) is 16.6 Å². The van der Waals surface area contributed by atoms with Gasteiger partial charge in [-0.05, 0) is 28.0 Å². The number of benzene rings is 1. The smallest absolute Gasteiger partial charge is 0.408 e. The molecule has 6 nitrogen and oxygen atoms in total. The number of amides is 2. The SMILES string of the molecule is N#CCNC(=O)[C@H](Cc1ccsc1)NC(=O)OCc1ccccc1. The first kappa shape index (κ1) is 17.5. The Morgan fingerprint density at radius 2 is 2.00 bits per heavy atom. The molecule has 0 saturated heterocycles. The number of nitrogens with zero attached hydrogens (tertiary/aromatic N) is 1. The molecule has 0 unspecified atom stereocenters. The van der Waals surface area contributed by atoms with Crippen LogP contribution in [0.4, 0.5) is 4.79 Å². The molecule has 0 saturated carbocycles. The van der Waals surface area contributed by atoms with Gasteiger partial charge in [0.25, 0.3) is 0 Å². The van der Waals surface area contributed by atoms with E-state index in [1.165, 1.54) is 11.3 Å². The third kappa shape index (κ3) is 5.74. The Bertz CT molecular complexity index is 696. The monoisotopic (exact) mass is 343 g/mol. The van der Waals surface area contributed by atoms with Crippen LogP contribution in [0.3, 0.4) is 0 Å². The van der Waals surface area contributed by atoms with Crippen molar-refractivity contribution in [3.8, 4) is 6.07 Å². The molecule has 0 bridgehead atoms. The zero-order chi connectivity index (χ0) is 17.2. The minimum Gasteiger partial charge on any atom is -0.445 e. The zero-order valence-electron chi connectivity index (χ0n) is 12.9. The van der Waals surface area contributed by atoms with E-state index >= 15 is 0 Å². The second-order valence-corrected chi connectivity index (χ2v) is 5.75. The highest BCUT2D eigenvalue weighted by Crippen LogP contribution is 2.09. The summed E-state index contributed by atoms with van der Waals surface area (Å²) in [5.41, 5.74) is 1.79. The molecule has 0 fully saturated rings. The van der Waals surface area contributed by atoms with E-state index in [0.717, 1.165) is 11.1 Å². The Morgan fingerprint density at radius 3 is 2.67 bits per heavy atom. The van der Waals surface area contributed by atoms with Crippen molar-refractivity contribution in [2.45, 2.75) is 19.1 Å². The first-order valence-electron chi connectivity index (χ1n) is 7.32. The molecule has 2 amide bonds. The Labute approximate surface area is 144 Å². The fourth-order valence-corrected chi connectivity index (χ4v) is 2.69. The number of carbonyl (C=O) groups excluding carboxylic acids is 2. The van der Waals surface area contributed by atoms with Gasteiger partial charge in [-0.15, -0.1) is 0 Å². The molecule has 1 aromatic carbocycles. The molecule has 7 heteroatoms. The van der Waals surface area contributed by atoms with E-state index in [2.05, 4.69) is 10.6 Å². The van der Waals surface area contributed by atoms with Crippen LogP contribution in [-0.4, -0.2) is 24.6 Å². The summed E-state index contributed by atoms with van der Waals surface area (Å²) in [4.78, 5) is 24.1. The number of thiophene rings is 1. The summed E-state index contributed by atoms with van der Waals surface area (Å²) in [7, 11) is 0. The lowest BCUT2D eigenvalue weighted by Crippen LogP contribution is -2.48. The zero-order valence-corrected chi connectivity index (χ0v) is 13.7. The molecule has 0 aliphatic heterocycles. The van der Waals surface area contributed by atoms with Gasteiger partial charge in [-0.25, -0.2) is 4.79 Å². The van der Waals surface area contributed by atoms with Crippen molar-refractivity contribution >= 4 is 23.3 Å². The van der Waals surface area contributed by atoms with E-state index in [-0.39, 0.29) is 13.2 Å². The van der Waals surface area contributed by atoms with Gasteiger partial charge in [0.15, 0.2) is 0 Å². The maximum atomic E-state index is 12.1. The third-order valence-corrected chi connectivity index (χ3v) is 3.91. The van der Waals surface area contributed by atoms with Gasteiger partial charge < -0.3 is 15.4 Å². The first-order chi connectivity index (χ1) is 11.7. The summed E-state index contributed by atoms with van der Waals surface area (Å²) >= 11 is 1.51. The van der Waals surface area contributed by atoms with Crippen molar-refractivity contribution in [2.24, 2.45) is 0 Å². The summed E-state index contributed by atoms with van der Waals surface area (Å²) in [5.74, 6) is -0.417. The van der Waals surface area contributed by atoms with Gasteiger partial charge in [0.2, 0.25) is 5.91 Å². The fourth-order valence-electron chi connectivity index (χ4n) is 2.01. The number of carbonyl (C=O) groups is 2. The number of ether oxygens (including phenoxy) is 1. The molecule has 1 atom stereocenters. The standard InChI is InChI=1S/C17H17N3O3S/c18-7-8-19-16(21)15(10-14-6-9-24-12-14)20-17(22)23-11-13-4-2-1-3-5-13/h1-6,9,12,15H,8,10-11H2,(H,19,21)(H,20,22)/t15-/m0/s1. The van der Waals surface area contributed by atoms with E-state index in [4.69, 9.17) is 10.00 Å². The Hall–Kier alpha value is -2.85. The molecule has 1 heterocycles. The predicted molar refractivity (Wildman–Crippen MR) is 90.2 cm³/mol. The first-order valence-corrected chi connectivity index (χ1v) is 8.26. The minimum atomic E-state index is -0.795. The molecule has 0 aliphatic carbocycles. The molecular weight excluding hydrogens is 326 g/mol. The van der Waals surface area contributed by atoms with Gasteiger partial charge in [0.1, 0.15) is 19.2 Å². The number of rotatable bonds is 7. The van der Waals surface area contributed by atoms with Crippen LogP contribution >= 0.6 is 11.3 Å². The van der Waals surface area contributed by atoms with E-state index < -0.39 is 18.0 Å². The number of nitrogens with one attached hydrogen (secondary N) is 2. The second-order valence-electron chi connectivity index (χ2n) is 4.97. The summed E-state index contributed by atoms with van der Waals surface area (Å²) in [6.07, 6.45) is -0.340. The lowest BCUT2D eigenvalue weighted by molar-refractivity contribution is -0.122. The van der Waals surface area contributed by atoms with E-state index in [9.17, 15) is 9.59 Å². The van der Waals surface area contributed by atoms with Crippen LogP contribution in [-0.2, 0) is 22.6 Å². The van der Waals surface area contributed by atoms with Gasteiger partial charge in [-0.1, -0.05) is 30.3 Å². The van der Waals surface area contributed by atoms with Crippen LogP contribution < -0.4 is 10.6 Å². The number of hydrogen-bond acceptors (Lipinski definition) is 5. The Balaban J connectivity index is 1.92. The van der Waals surface area contributed by atoms with Crippen molar-refractivity contribution in [2.75, 3.05) is 6.54 Å². The summed E-state index contributed by atoms with van der Waals surface area (Å²) in [6, 6.07) is 12.2. The highest BCUT2D eigenvalue weighted by atomic mass is 32.1. The van der Waals surface area contributed by atoms with Crippen molar-refractivity contribution in [1.29, 1.82) is 5.26 Å². The normalized spacial score (nSPS) is 11.1. The summed E-state index contributed by atoms with van der Waals surface area (Å²) < 4.78 is 5.14. The molecule has 24 heavy (non-hydrogen) atoms. The summed E-state index contributed by atoms with van der Waals surface area (Å²) in [5, 5.41) is 17.4. The largest absolute Gasteiger partial charge is 0.445 e. The molecule has 124 valence electrons. The van der Waals surface area contributed by atoms with Crippen LogP contribution in [0, 0.1) is 11.3 Å². The topological polar surface area (TPSA) is 91.2 Å². The number of nitriles is 1. The van der Waals surface area contributed by atoms with Crippen molar-refractivity contribution < 1.29 is 14.3 Å². The van der Waals surface area contributed by atoms with E-state index in [1.54, 1.807) is 0 Å². The van der Waals surface area contributed by atoms with Gasteiger partial charge in [0, 0.05) is 6.42 Å². The quantitative estimate of drug-likeness (QED) is 0.754. The molecule has 2 aromatic rings. The van der Waals surface area contributed by atoms with Crippen LogP contribution in [0.15, 0.2) is 47.2 Å². The maximum Gasteiger partial charge on any atom is 0.408 e. The van der Waals surface area contributed by atoms with Crippen LogP contribution in [0.25, 0.3) is 0 Å².